The summed E-state index contributed by atoms with van der Waals surface area (Å²) < 4.78 is 81.3. The summed E-state index contributed by atoms with van der Waals surface area (Å²) >= 11 is 5.54. The number of nitrogens with one attached hydrogen (secondary N) is 3. The Morgan fingerprint density at radius 3 is 1.26 bits per heavy atom. The van der Waals surface area contributed by atoms with Crippen molar-refractivity contribution in [2.24, 2.45) is 0 Å². The molecule has 0 fully saturated rings. The summed E-state index contributed by atoms with van der Waals surface area (Å²) in [6, 6.07) is 38.4. The van der Waals surface area contributed by atoms with E-state index < -0.39 is 41.3 Å². The third-order valence-electron chi connectivity index (χ3n) is 7.39. The van der Waals surface area contributed by atoms with Crippen molar-refractivity contribution < 1.29 is 26.3 Å². The molecule has 0 radical (unpaired) electrons. The van der Waals surface area contributed by atoms with Crippen LogP contribution < -0.4 is 16.0 Å². The highest BCUT2D eigenvalue weighted by Gasteiger charge is 2.37. The summed E-state index contributed by atoms with van der Waals surface area (Å²) in [4.78, 5) is 0. The standard InChI is InChI=1S/C36H29F6N3S/c37-35(38,39)28-21-29(36(40,41)42)23-30(22-28)43-34(46)45-33(27-19-11-4-12-20-27)32(26-17-9-3-10-18-26)44-31(24-13-5-1-6-14-24)25-15-7-2-8-16-25/h1-23,31-33,44H,(H2,43,45,46)/t32-,33-/m1/s1. The van der Waals surface area contributed by atoms with Crippen LogP contribution in [0.3, 0.4) is 0 Å². The Morgan fingerprint density at radius 1 is 0.500 bits per heavy atom. The van der Waals surface area contributed by atoms with Crippen LogP contribution in [-0.2, 0) is 12.4 Å². The van der Waals surface area contributed by atoms with E-state index in [0.717, 1.165) is 22.3 Å². The first kappa shape index (κ1) is 32.7. The van der Waals surface area contributed by atoms with Gasteiger partial charge in [0.2, 0.25) is 0 Å². The van der Waals surface area contributed by atoms with Crippen LogP contribution >= 0.6 is 12.2 Å². The second-order valence-electron chi connectivity index (χ2n) is 10.6. The van der Waals surface area contributed by atoms with Crippen molar-refractivity contribution >= 4 is 23.0 Å². The van der Waals surface area contributed by atoms with Crippen molar-refractivity contribution in [1.82, 2.24) is 10.6 Å². The molecule has 5 aromatic rings. The Labute approximate surface area is 268 Å². The van der Waals surface area contributed by atoms with E-state index in [1.807, 2.05) is 121 Å². The third-order valence-corrected chi connectivity index (χ3v) is 7.61. The van der Waals surface area contributed by atoms with E-state index in [4.69, 9.17) is 12.2 Å². The molecule has 0 aromatic heterocycles. The maximum Gasteiger partial charge on any atom is 0.416 e. The molecule has 0 aliphatic carbocycles. The molecule has 0 amide bonds. The summed E-state index contributed by atoms with van der Waals surface area (Å²) in [6.07, 6.45) is -9.99. The normalized spacial score (nSPS) is 13.2. The third kappa shape index (κ3) is 8.32. The molecule has 0 bridgehead atoms. The maximum absolute atomic E-state index is 13.5. The molecule has 0 unspecified atom stereocenters. The minimum Gasteiger partial charge on any atom is -0.354 e. The fourth-order valence-electron chi connectivity index (χ4n) is 5.26. The summed E-state index contributed by atoms with van der Waals surface area (Å²) in [5.74, 6) is 0. The van der Waals surface area contributed by atoms with E-state index in [2.05, 4.69) is 16.0 Å². The predicted octanol–water partition coefficient (Wildman–Crippen LogP) is 9.87. The zero-order valence-corrected chi connectivity index (χ0v) is 25.0. The van der Waals surface area contributed by atoms with Gasteiger partial charge < -0.3 is 10.6 Å². The summed E-state index contributed by atoms with van der Waals surface area (Å²) in [7, 11) is 0. The molecule has 5 rings (SSSR count). The zero-order chi connectivity index (χ0) is 32.7. The van der Waals surface area contributed by atoms with Crippen molar-refractivity contribution in [3.8, 4) is 0 Å². The SMILES string of the molecule is FC(F)(F)c1cc(NC(=S)N[C@H](c2ccccc2)[C@H](NC(c2ccccc2)c2ccccc2)c2ccccc2)cc(C(F)(F)F)c1. The predicted molar refractivity (Wildman–Crippen MR) is 172 cm³/mol. The van der Waals surface area contributed by atoms with E-state index in [1.54, 1.807) is 0 Å². The number of benzene rings is 5. The number of alkyl halides is 6. The molecule has 0 spiro atoms. The molecule has 0 heterocycles. The Hall–Kier alpha value is -4.67. The van der Waals surface area contributed by atoms with Crippen LogP contribution in [0.4, 0.5) is 32.0 Å². The number of hydrogen-bond acceptors (Lipinski definition) is 2. The van der Waals surface area contributed by atoms with Gasteiger partial charge in [-0.1, -0.05) is 121 Å². The highest BCUT2D eigenvalue weighted by Crippen LogP contribution is 2.38. The van der Waals surface area contributed by atoms with Crippen LogP contribution in [0.15, 0.2) is 140 Å². The van der Waals surface area contributed by atoms with Crippen LogP contribution in [0.2, 0.25) is 0 Å². The Bertz CT molecular complexity index is 1640. The molecule has 3 nitrogen and oxygen atoms in total. The number of thiocarbonyl (C=S) groups is 1. The quantitative estimate of drug-likeness (QED) is 0.110. The van der Waals surface area contributed by atoms with Gasteiger partial charge in [-0.3, -0.25) is 5.32 Å². The number of rotatable bonds is 9. The van der Waals surface area contributed by atoms with Gasteiger partial charge in [0.1, 0.15) is 0 Å². The van der Waals surface area contributed by atoms with Crippen LogP contribution in [0, 0.1) is 0 Å². The molecule has 10 heteroatoms. The zero-order valence-electron chi connectivity index (χ0n) is 24.2. The van der Waals surface area contributed by atoms with E-state index in [9.17, 15) is 26.3 Å². The van der Waals surface area contributed by atoms with Gasteiger partial charge in [-0.05, 0) is 52.7 Å². The maximum atomic E-state index is 13.5. The second-order valence-corrected chi connectivity index (χ2v) is 11.0. The van der Waals surface area contributed by atoms with Gasteiger partial charge in [-0.25, -0.2) is 0 Å². The van der Waals surface area contributed by atoms with Crippen molar-refractivity contribution in [3.63, 3.8) is 0 Å². The van der Waals surface area contributed by atoms with Gasteiger partial charge in [0, 0.05) is 5.69 Å². The Morgan fingerprint density at radius 2 is 0.870 bits per heavy atom. The largest absolute Gasteiger partial charge is 0.416 e. The lowest BCUT2D eigenvalue weighted by Gasteiger charge is -2.34. The minimum absolute atomic E-state index is 0.0804. The number of halogens is 6. The monoisotopic (exact) mass is 649 g/mol. The van der Waals surface area contributed by atoms with Crippen molar-refractivity contribution in [3.05, 3.63) is 173 Å². The van der Waals surface area contributed by atoms with Gasteiger partial charge in [0.15, 0.2) is 5.11 Å². The van der Waals surface area contributed by atoms with Crippen molar-refractivity contribution in [2.45, 2.75) is 30.5 Å². The topological polar surface area (TPSA) is 36.1 Å². The average molecular weight is 650 g/mol. The molecule has 3 N–H and O–H groups in total. The molecular formula is C36H29F6N3S. The van der Waals surface area contributed by atoms with Gasteiger partial charge in [0.05, 0.1) is 29.3 Å². The second kappa shape index (κ2) is 14.2. The molecule has 5 aromatic carbocycles. The molecular weight excluding hydrogens is 620 g/mol. The Balaban J connectivity index is 1.55. The molecule has 0 saturated carbocycles. The summed E-state index contributed by atoms with van der Waals surface area (Å²) in [6.45, 7) is 0. The molecule has 2 atom stereocenters. The lowest BCUT2D eigenvalue weighted by atomic mass is 9.90. The van der Waals surface area contributed by atoms with Gasteiger partial charge in [-0.15, -0.1) is 0 Å². The lowest BCUT2D eigenvalue weighted by molar-refractivity contribution is -0.143. The Kier molecular flexibility index (Phi) is 10.1. The van der Waals surface area contributed by atoms with Crippen molar-refractivity contribution in [1.29, 1.82) is 0 Å². The first-order valence-corrected chi connectivity index (χ1v) is 14.7. The number of anilines is 1. The highest BCUT2D eigenvalue weighted by atomic mass is 32.1. The minimum atomic E-state index is -4.99. The first-order valence-electron chi connectivity index (χ1n) is 14.3. The number of hydrogen-bond donors (Lipinski definition) is 3. The molecule has 0 saturated heterocycles. The van der Waals surface area contributed by atoms with Crippen LogP contribution in [-0.4, -0.2) is 5.11 Å². The molecule has 0 aliphatic rings. The molecule has 236 valence electrons. The molecule has 46 heavy (non-hydrogen) atoms. The average Bonchev–Trinajstić information content (AvgIpc) is 3.05. The van der Waals surface area contributed by atoms with Crippen LogP contribution in [0.1, 0.15) is 51.5 Å². The van der Waals surface area contributed by atoms with E-state index in [0.29, 0.717) is 12.1 Å². The lowest BCUT2D eigenvalue weighted by Crippen LogP contribution is -2.41. The fourth-order valence-corrected chi connectivity index (χ4v) is 5.50. The van der Waals surface area contributed by atoms with Gasteiger partial charge >= 0.3 is 12.4 Å². The van der Waals surface area contributed by atoms with Gasteiger partial charge in [0.25, 0.3) is 0 Å². The van der Waals surface area contributed by atoms with E-state index >= 15 is 0 Å². The van der Waals surface area contributed by atoms with Crippen LogP contribution in [0.5, 0.6) is 0 Å². The van der Waals surface area contributed by atoms with Crippen molar-refractivity contribution in [2.75, 3.05) is 5.32 Å². The molecule has 0 aliphatic heterocycles. The highest BCUT2D eigenvalue weighted by molar-refractivity contribution is 7.80. The van der Waals surface area contributed by atoms with Crippen LogP contribution in [0.25, 0.3) is 0 Å². The van der Waals surface area contributed by atoms with Gasteiger partial charge in [-0.2, -0.15) is 26.3 Å². The first-order chi connectivity index (χ1) is 22.0. The fraction of sp³-hybridized carbons (Fsp3) is 0.139. The van der Waals surface area contributed by atoms with E-state index in [1.165, 1.54) is 0 Å². The summed E-state index contributed by atoms with van der Waals surface area (Å²) in [5, 5.41) is 9.41. The smallest absolute Gasteiger partial charge is 0.354 e. The summed E-state index contributed by atoms with van der Waals surface area (Å²) in [5.41, 5.74) is 0.322. The van der Waals surface area contributed by atoms with E-state index in [-0.39, 0.29) is 17.2 Å².